The van der Waals surface area contributed by atoms with E-state index in [2.05, 4.69) is 80.5 Å². The molecule has 6 fully saturated rings. The predicted molar refractivity (Wildman–Crippen MR) is 269 cm³/mol. The van der Waals surface area contributed by atoms with Gasteiger partial charge in [-0.15, -0.1) is 0 Å². The summed E-state index contributed by atoms with van der Waals surface area (Å²) in [5.41, 5.74) is 3.83. The number of rotatable bonds is 6. The van der Waals surface area contributed by atoms with Crippen molar-refractivity contribution in [2.75, 3.05) is 0 Å². The van der Waals surface area contributed by atoms with Gasteiger partial charge in [0.2, 0.25) is 0 Å². The van der Waals surface area contributed by atoms with Crippen molar-refractivity contribution in [3.63, 3.8) is 0 Å². The maximum absolute atomic E-state index is 12.0. The molecule has 0 aromatic rings. The largest absolute Gasteiger partial charge is 0.481 e. The van der Waals surface area contributed by atoms with E-state index in [4.69, 9.17) is 0 Å². The maximum Gasteiger partial charge on any atom is 0.309 e. The van der Waals surface area contributed by atoms with Gasteiger partial charge < -0.3 is 15.3 Å². The van der Waals surface area contributed by atoms with Crippen molar-refractivity contribution in [1.29, 1.82) is 0 Å². The molecule has 0 spiro atoms. The van der Waals surface area contributed by atoms with Crippen molar-refractivity contribution in [2.24, 2.45) is 104 Å². The van der Waals surface area contributed by atoms with E-state index in [9.17, 15) is 29.7 Å². The third kappa shape index (κ3) is 8.89. The highest BCUT2D eigenvalue weighted by molar-refractivity contribution is 5.76. The second-order valence-corrected chi connectivity index (χ2v) is 26.9. The molecule has 9 aliphatic carbocycles. The van der Waals surface area contributed by atoms with E-state index in [1.165, 1.54) is 82.6 Å². The first kappa shape index (κ1) is 51.5. The summed E-state index contributed by atoms with van der Waals surface area (Å²) < 4.78 is 0. The van der Waals surface area contributed by atoms with E-state index >= 15 is 0 Å². The Labute approximate surface area is 402 Å². The van der Waals surface area contributed by atoms with Crippen LogP contribution in [-0.2, 0) is 14.4 Å². The number of hydrogen-bond donors (Lipinski definition) is 3. The molecule has 0 amide bonds. The highest BCUT2D eigenvalue weighted by atomic mass is 16.4. The van der Waals surface area contributed by atoms with Gasteiger partial charge in [-0.3, -0.25) is 14.4 Å². The van der Waals surface area contributed by atoms with Crippen molar-refractivity contribution >= 4 is 17.9 Å². The van der Waals surface area contributed by atoms with E-state index in [1.807, 2.05) is 20.8 Å². The smallest absolute Gasteiger partial charge is 0.309 e. The predicted octanol–water partition coefficient (Wildman–Crippen LogP) is 15.9. The average Bonchev–Trinajstić information content (AvgIpc) is 3.26. The minimum atomic E-state index is -0.588. The molecular weight excluding hydrogens is 817 g/mol. The zero-order chi connectivity index (χ0) is 48.4. The Morgan fingerprint density at radius 1 is 0.545 bits per heavy atom. The molecule has 0 bridgehead atoms. The topological polar surface area (TPSA) is 112 Å². The van der Waals surface area contributed by atoms with Crippen LogP contribution in [0, 0.1) is 104 Å². The SMILES string of the molecule is CC(C)C1=CC2=CCC3[C@](C)(C(=O)O)CCC[C@]3(C)[C@H]2CC1.CC(C)C1CC[C@H]2C(=CCC3[C@](C)(C(=O)O)CCC[C@@]32C)C1.CC(C)C1CC[C@H]2C(CCC3[C@](C)(C(=O)O)CCC[C@@]32C)C1. The zero-order valence-corrected chi connectivity index (χ0v) is 44.1. The van der Waals surface area contributed by atoms with Gasteiger partial charge in [-0.05, 0) is 229 Å². The Morgan fingerprint density at radius 2 is 1.05 bits per heavy atom. The number of allylic oxidation sites excluding steroid dienone is 6. The molecule has 372 valence electrons. The lowest BCUT2D eigenvalue weighted by molar-refractivity contribution is -0.173. The molecule has 6 heteroatoms. The molecule has 9 rings (SSSR count). The van der Waals surface area contributed by atoms with Crippen LogP contribution in [0.15, 0.2) is 34.9 Å². The Kier molecular flexibility index (Phi) is 14.9. The lowest BCUT2D eigenvalue weighted by atomic mass is 9.43. The molecule has 6 nitrogen and oxygen atoms in total. The summed E-state index contributed by atoms with van der Waals surface area (Å²) in [4.78, 5) is 35.9. The summed E-state index contributed by atoms with van der Waals surface area (Å²) in [7, 11) is 0. The molecule has 15 atom stereocenters. The van der Waals surface area contributed by atoms with Crippen molar-refractivity contribution in [3.8, 4) is 0 Å². The minimum absolute atomic E-state index is 0.161. The van der Waals surface area contributed by atoms with Crippen LogP contribution in [0.4, 0.5) is 0 Å². The average molecular weight is 913 g/mol. The summed E-state index contributed by atoms with van der Waals surface area (Å²) in [6.07, 6.45) is 31.4. The Hall–Kier alpha value is -2.37. The third-order valence-electron chi connectivity index (χ3n) is 22.8. The van der Waals surface area contributed by atoms with Crippen molar-refractivity contribution in [1.82, 2.24) is 0 Å². The van der Waals surface area contributed by atoms with Crippen molar-refractivity contribution < 1.29 is 29.7 Å². The van der Waals surface area contributed by atoms with Gasteiger partial charge in [0, 0.05) is 0 Å². The Bertz CT molecular complexity index is 1900. The van der Waals surface area contributed by atoms with Gasteiger partial charge in [0.05, 0.1) is 16.2 Å². The molecule has 3 N–H and O–H groups in total. The van der Waals surface area contributed by atoms with Crippen LogP contribution in [0.3, 0.4) is 0 Å². The van der Waals surface area contributed by atoms with Crippen LogP contribution in [0.25, 0.3) is 0 Å². The van der Waals surface area contributed by atoms with Gasteiger partial charge >= 0.3 is 17.9 Å². The number of carbonyl (C=O) groups is 3. The van der Waals surface area contributed by atoms with Crippen LogP contribution >= 0.6 is 0 Å². The second kappa shape index (κ2) is 19.1. The van der Waals surface area contributed by atoms with Gasteiger partial charge in [0.15, 0.2) is 0 Å². The summed E-state index contributed by atoms with van der Waals surface area (Å²) >= 11 is 0. The lowest BCUT2D eigenvalue weighted by Gasteiger charge is -2.60. The first-order valence-electron chi connectivity index (χ1n) is 27.7. The summed E-state index contributed by atoms with van der Waals surface area (Å²) in [5, 5.41) is 29.5. The molecule has 0 heterocycles. The van der Waals surface area contributed by atoms with Crippen LogP contribution in [0.1, 0.15) is 218 Å². The van der Waals surface area contributed by atoms with E-state index < -0.39 is 34.2 Å². The molecule has 0 aliphatic heterocycles. The fourth-order valence-electron chi connectivity index (χ4n) is 18.4. The summed E-state index contributed by atoms with van der Waals surface area (Å²) in [5.74, 6) is 6.06. The van der Waals surface area contributed by atoms with Crippen LogP contribution in [-0.4, -0.2) is 33.2 Å². The molecule has 6 unspecified atom stereocenters. The molecule has 0 saturated heterocycles. The van der Waals surface area contributed by atoms with Gasteiger partial charge in [-0.2, -0.15) is 0 Å². The molecule has 0 aromatic heterocycles. The zero-order valence-electron chi connectivity index (χ0n) is 44.1. The van der Waals surface area contributed by atoms with Crippen LogP contribution in [0.5, 0.6) is 0 Å². The van der Waals surface area contributed by atoms with Gasteiger partial charge in [-0.25, -0.2) is 0 Å². The number of aliphatic carboxylic acids is 3. The van der Waals surface area contributed by atoms with E-state index in [1.54, 1.807) is 11.1 Å². The van der Waals surface area contributed by atoms with E-state index in [-0.39, 0.29) is 22.2 Å². The van der Waals surface area contributed by atoms with Gasteiger partial charge in [-0.1, -0.05) is 111 Å². The Balaban J connectivity index is 0.000000147. The van der Waals surface area contributed by atoms with Crippen molar-refractivity contribution in [3.05, 3.63) is 34.9 Å². The number of hydrogen-bond acceptors (Lipinski definition) is 3. The molecule has 6 saturated carbocycles. The van der Waals surface area contributed by atoms with E-state index in [0.29, 0.717) is 29.6 Å². The second-order valence-electron chi connectivity index (χ2n) is 26.9. The monoisotopic (exact) mass is 913 g/mol. The molecule has 66 heavy (non-hydrogen) atoms. The normalized spacial score (nSPS) is 45.0. The molecule has 0 aromatic carbocycles. The van der Waals surface area contributed by atoms with Crippen LogP contribution < -0.4 is 0 Å². The van der Waals surface area contributed by atoms with Crippen molar-refractivity contribution in [2.45, 2.75) is 218 Å². The first-order chi connectivity index (χ1) is 30.9. The standard InChI is InChI=1S/C20H34O2.C20H32O2.C20H30O2/c3*1-13(2)14-6-8-16-15(12-14)7-9-17-19(16,3)10-5-11-20(17,4)18(21)22/h13-17H,5-12H2,1-4H3,(H,21,22);7,13-14,16-17H,5-6,8-12H2,1-4H3,(H,21,22);7,12-13,16-17H,5-6,8-11H2,1-4H3,(H,21,22)/t14?,15?,16-,17?,19+,20+;14?,16-,17?,19+,20+;16-,17?,19+,20+/m000/s1. The summed E-state index contributed by atoms with van der Waals surface area (Å²) in [6, 6.07) is 0. The highest BCUT2D eigenvalue weighted by Gasteiger charge is 2.61. The van der Waals surface area contributed by atoms with E-state index in [0.717, 1.165) is 93.3 Å². The fraction of sp³-hybridized carbons (Fsp3) is 0.850. The third-order valence-corrected chi connectivity index (χ3v) is 22.8. The highest BCUT2D eigenvalue weighted by Crippen LogP contribution is 2.66. The number of carboxylic acids is 3. The van der Waals surface area contributed by atoms with Gasteiger partial charge in [0.1, 0.15) is 0 Å². The maximum atomic E-state index is 12.0. The molecule has 0 radical (unpaired) electrons. The lowest BCUT2D eigenvalue weighted by Crippen LogP contribution is -2.56. The summed E-state index contributed by atoms with van der Waals surface area (Å²) in [6.45, 7) is 27.3. The molecular formula is C60H96O6. The molecule has 9 aliphatic rings. The number of carboxylic acid groups (broad SMARTS) is 3. The van der Waals surface area contributed by atoms with Gasteiger partial charge in [0.25, 0.3) is 0 Å². The fourth-order valence-corrected chi connectivity index (χ4v) is 18.4. The minimum Gasteiger partial charge on any atom is -0.481 e. The Morgan fingerprint density at radius 3 is 1.58 bits per heavy atom. The quantitative estimate of drug-likeness (QED) is 0.229. The first-order valence-corrected chi connectivity index (χ1v) is 27.7. The van der Waals surface area contributed by atoms with Crippen LogP contribution in [0.2, 0.25) is 0 Å². The number of fused-ring (bicyclic) bond motifs is 9.